The zero-order valence-corrected chi connectivity index (χ0v) is 10.1. The maximum Gasteiger partial charge on any atom is 0.251 e. The van der Waals surface area contributed by atoms with E-state index in [1.54, 1.807) is 31.2 Å². The van der Waals surface area contributed by atoms with Gasteiger partial charge in [-0.3, -0.25) is 9.59 Å². The van der Waals surface area contributed by atoms with Gasteiger partial charge in [-0.05, 0) is 26.0 Å². The van der Waals surface area contributed by atoms with Gasteiger partial charge in [0.05, 0.1) is 12.9 Å². The van der Waals surface area contributed by atoms with Crippen molar-refractivity contribution in [3.8, 4) is 0 Å². The van der Waals surface area contributed by atoms with Crippen molar-refractivity contribution in [3.05, 3.63) is 41.7 Å². The molecule has 0 unspecified atom stereocenters. The van der Waals surface area contributed by atoms with Gasteiger partial charge in [-0.1, -0.05) is 12.1 Å². The van der Waals surface area contributed by atoms with Crippen molar-refractivity contribution in [1.82, 2.24) is 0 Å². The molecule has 4 nitrogen and oxygen atoms in total. The fraction of sp³-hybridized carbons (Fsp3) is 0.231. The quantitative estimate of drug-likeness (QED) is 0.493. The van der Waals surface area contributed by atoms with Crippen LogP contribution in [0.4, 0.5) is 5.69 Å². The highest BCUT2D eigenvalue weighted by molar-refractivity contribution is 6.01. The Labute approximate surface area is 100 Å². The number of methoxy groups -OCH3 is 1. The van der Waals surface area contributed by atoms with Crippen LogP contribution in [0.2, 0.25) is 0 Å². The van der Waals surface area contributed by atoms with Crippen molar-refractivity contribution >= 4 is 17.4 Å². The molecule has 4 heteroatoms. The Morgan fingerprint density at radius 2 is 2.00 bits per heavy atom. The van der Waals surface area contributed by atoms with Crippen LogP contribution in [0, 0.1) is 0 Å². The Kier molecular flexibility index (Phi) is 4.46. The van der Waals surface area contributed by atoms with Crippen LogP contribution in [0.25, 0.3) is 0 Å². The number of carbonyl (C=O) groups is 2. The van der Waals surface area contributed by atoms with Crippen molar-refractivity contribution in [2.45, 2.75) is 13.8 Å². The zero-order valence-electron chi connectivity index (χ0n) is 10.1. The van der Waals surface area contributed by atoms with Gasteiger partial charge in [0.25, 0.3) is 5.91 Å². The third-order valence-corrected chi connectivity index (χ3v) is 2.19. The Hall–Kier alpha value is -2.10. The molecule has 1 aromatic rings. The standard InChI is InChI=1S/C13H15NO3/c1-9(17-3)7-13(16)14-12-6-4-5-11(8-12)10(2)15/h4-8H,1-3H3,(H,14,16)/b9-7-. The summed E-state index contributed by atoms with van der Waals surface area (Å²) in [4.78, 5) is 22.7. The van der Waals surface area contributed by atoms with Gasteiger partial charge >= 0.3 is 0 Å². The van der Waals surface area contributed by atoms with Crippen molar-refractivity contribution in [1.29, 1.82) is 0 Å². The number of hydrogen-bond donors (Lipinski definition) is 1. The first-order valence-electron chi connectivity index (χ1n) is 5.17. The fourth-order valence-electron chi connectivity index (χ4n) is 1.24. The number of benzene rings is 1. The maximum absolute atomic E-state index is 11.5. The minimum Gasteiger partial charge on any atom is -0.501 e. The van der Waals surface area contributed by atoms with Gasteiger partial charge < -0.3 is 10.1 Å². The second kappa shape index (κ2) is 5.84. The summed E-state index contributed by atoms with van der Waals surface area (Å²) in [5, 5.41) is 2.65. The normalized spacial score (nSPS) is 10.9. The molecule has 0 radical (unpaired) electrons. The lowest BCUT2D eigenvalue weighted by molar-refractivity contribution is -0.112. The first-order valence-corrected chi connectivity index (χ1v) is 5.17. The number of carbonyl (C=O) groups excluding carboxylic acids is 2. The molecule has 0 aliphatic rings. The van der Waals surface area contributed by atoms with E-state index in [1.807, 2.05) is 0 Å². The molecule has 0 spiro atoms. The summed E-state index contributed by atoms with van der Waals surface area (Å²) in [6.07, 6.45) is 1.35. The Morgan fingerprint density at radius 3 is 2.59 bits per heavy atom. The number of allylic oxidation sites excluding steroid dienone is 1. The summed E-state index contributed by atoms with van der Waals surface area (Å²) in [6, 6.07) is 6.78. The molecule has 17 heavy (non-hydrogen) atoms. The highest BCUT2D eigenvalue weighted by Crippen LogP contribution is 2.11. The van der Waals surface area contributed by atoms with Crippen molar-refractivity contribution < 1.29 is 14.3 Å². The van der Waals surface area contributed by atoms with Crippen LogP contribution in [-0.2, 0) is 9.53 Å². The monoisotopic (exact) mass is 233 g/mol. The zero-order chi connectivity index (χ0) is 12.8. The average Bonchev–Trinajstić information content (AvgIpc) is 2.28. The van der Waals surface area contributed by atoms with Gasteiger partial charge in [-0.25, -0.2) is 0 Å². The number of ether oxygens (including phenoxy) is 1. The van der Waals surface area contributed by atoms with Crippen LogP contribution in [0.5, 0.6) is 0 Å². The third-order valence-electron chi connectivity index (χ3n) is 2.19. The number of anilines is 1. The van der Waals surface area contributed by atoms with Crippen LogP contribution >= 0.6 is 0 Å². The summed E-state index contributed by atoms with van der Waals surface area (Å²) < 4.78 is 4.87. The van der Waals surface area contributed by atoms with E-state index in [4.69, 9.17) is 4.74 Å². The van der Waals surface area contributed by atoms with E-state index >= 15 is 0 Å². The van der Waals surface area contributed by atoms with E-state index in [0.29, 0.717) is 17.0 Å². The summed E-state index contributed by atoms with van der Waals surface area (Å²) in [7, 11) is 1.50. The number of hydrogen-bond acceptors (Lipinski definition) is 3. The number of amides is 1. The topological polar surface area (TPSA) is 55.4 Å². The van der Waals surface area contributed by atoms with Gasteiger partial charge in [0, 0.05) is 17.3 Å². The predicted octanol–water partition coefficient (Wildman–Crippen LogP) is 2.38. The smallest absolute Gasteiger partial charge is 0.251 e. The largest absolute Gasteiger partial charge is 0.501 e. The van der Waals surface area contributed by atoms with Crippen LogP contribution in [0.15, 0.2) is 36.1 Å². The lowest BCUT2D eigenvalue weighted by atomic mass is 10.1. The van der Waals surface area contributed by atoms with Crippen molar-refractivity contribution in [3.63, 3.8) is 0 Å². The van der Waals surface area contributed by atoms with Crippen LogP contribution < -0.4 is 5.32 Å². The molecule has 0 saturated carbocycles. The SMILES string of the molecule is CO/C(C)=C\C(=O)Nc1cccc(C(C)=O)c1. The summed E-state index contributed by atoms with van der Waals surface area (Å²) in [5.74, 6) is 0.194. The summed E-state index contributed by atoms with van der Waals surface area (Å²) >= 11 is 0. The number of nitrogens with one attached hydrogen (secondary N) is 1. The van der Waals surface area contributed by atoms with Gasteiger partial charge in [0.1, 0.15) is 0 Å². The van der Waals surface area contributed by atoms with Crippen molar-refractivity contribution in [2.24, 2.45) is 0 Å². The highest BCUT2D eigenvalue weighted by atomic mass is 16.5. The van der Waals surface area contributed by atoms with Crippen LogP contribution in [0.3, 0.4) is 0 Å². The van der Waals surface area contributed by atoms with Crippen LogP contribution in [-0.4, -0.2) is 18.8 Å². The molecule has 0 aromatic heterocycles. The predicted molar refractivity (Wildman–Crippen MR) is 65.8 cm³/mol. The molecule has 0 fully saturated rings. The van der Waals surface area contributed by atoms with Gasteiger partial charge in [0.2, 0.25) is 0 Å². The summed E-state index contributed by atoms with van der Waals surface area (Å²) in [5.41, 5.74) is 1.15. The molecular formula is C13H15NO3. The third kappa shape index (κ3) is 4.10. The highest BCUT2D eigenvalue weighted by Gasteiger charge is 2.03. The lowest BCUT2D eigenvalue weighted by Crippen LogP contribution is -2.09. The van der Waals surface area contributed by atoms with Gasteiger partial charge in [-0.2, -0.15) is 0 Å². The van der Waals surface area contributed by atoms with E-state index in [2.05, 4.69) is 5.32 Å². The van der Waals surface area contributed by atoms with Gasteiger partial charge in [-0.15, -0.1) is 0 Å². The van der Waals surface area contributed by atoms with E-state index < -0.39 is 0 Å². The summed E-state index contributed by atoms with van der Waals surface area (Å²) in [6.45, 7) is 3.17. The molecule has 1 N–H and O–H groups in total. The number of Topliss-reactive ketones (excluding diaryl/α,β-unsaturated/α-hetero) is 1. The van der Waals surface area contributed by atoms with E-state index in [9.17, 15) is 9.59 Å². The molecule has 0 aliphatic heterocycles. The molecular weight excluding hydrogens is 218 g/mol. The van der Waals surface area contributed by atoms with E-state index in [1.165, 1.54) is 20.1 Å². The fourth-order valence-corrected chi connectivity index (χ4v) is 1.24. The maximum atomic E-state index is 11.5. The lowest BCUT2D eigenvalue weighted by Gasteiger charge is -2.04. The Morgan fingerprint density at radius 1 is 1.29 bits per heavy atom. The molecule has 0 heterocycles. The minimum atomic E-state index is -0.287. The molecule has 1 amide bonds. The Balaban J connectivity index is 2.79. The second-order valence-electron chi connectivity index (χ2n) is 3.59. The molecule has 1 rings (SSSR count). The number of ketones is 1. The molecule has 1 aromatic carbocycles. The Bertz CT molecular complexity index is 463. The molecule has 90 valence electrons. The average molecular weight is 233 g/mol. The van der Waals surface area contributed by atoms with E-state index in [-0.39, 0.29) is 11.7 Å². The first kappa shape index (κ1) is 13.0. The minimum absolute atomic E-state index is 0.0373. The first-order chi connectivity index (χ1) is 8.02. The van der Waals surface area contributed by atoms with Crippen molar-refractivity contribution in [2.75, 3.05) is 12.4 Å². The van der Waals surface area contributed by atoms with E-state index in [0.717, 1.165) is 0 Å². The molecule has 0 saturated heterocycles. The molecule has 0 bridgehead atoms. The molecule has 0 atom stereocenters. The number of rotatable bonds is 4. The van der Waals surface area contributed by atoms with Crippen LogP contribution in [0.1, 0.15) is 24.2 Å². The van der Waals surface area contributed by atoms with Gasteiger partial charge in [0.15, 0.2) is 5.78 Å². The second-order valence-corrected chi connectivity index (χ2v) is 3.59. The molecule has 0 aliphatic carbocycles.